The largest absolute Gasteiger partial charge is 0.311 e. The molecule has 0 aromatic rings. The van der Waals surface area contributed by atoms with Gasteiger partial charge >= 0.3 is 0 Å². The third-order valence-corrected chi connectivity index (χ3v) is 3.52. The summed E-state index contributed by atoms with van der Waals surface area (Å²) in [6.07, 6.45) is 5.35. The van der Waals surface area contributed by atoms with Crippen LogP contribution in [0.1, 0.15) is 60.3 Å². The quantitative estimate of drug-likeness (QED) is 0.729. The van der Waals surface area contributed by atoms with Crippen LogP contribution < -0.4 is 5.32 Å². The molecule has 1 N–H and O–H groups in total. The molecule has 14 heavy (non-hydrogen) atoms. The molecule has 1 saturated carbocycles. The van der Waals surface area contributed by atoms with E-state index in [0.717, 1.165) is 12.0 Å². The highest BCUT2D eigenvalue weighted by Gasteiger charge is 2.31. The molecule has 1 heteroatoms. The van der Waals surface area contributed by atoms with Crippen molar-refractivity contribution in [2.24, 2.45) is 11.3 Å². The van der Waals surface area contributed by atoms with Crippen molar-refractivity contribution in [3.05, 3.63) is 0 Å². The zero-order valence-electron chi connectivity index (χ0n) is 10.6. The van der Waals surface area contributed by atoms with Gasteiger partial charge < -0.3 is 5.32 Å². The SMILES string of the molecule is CC[C@H](C)N[C@@H]1C[C@H](C)CC(C)(C)C1. The predicted molar refractivity (Wildman–Crippen MR) is 63.5 cm³/mol. The van der Waals surface area contributed by atoms with Gasteiger partial charge in [-0.15, -0.1) is 0 Å². The molecule has 0 spiro atoms. The van der Waals surface area contributed by atoms with Crippen LogP contribution in [0.25, 0.3) is 0 Å². The molecule has 1 rings (SSSR count). The summed E-state index contributed by atoms with van der Waals surface area (Å²) in [6.45, 7) is 11.8. The fourth-order valence-corrected chi connectivity index (χ4v) is 2.99. The van der Waals surface area contributed by atoms with Gasteiger partial charge in [0, 0.05) is 12.1 Å². The summed E-state index contributed by atoms with van der Waals surface area (Å²) in [5, 5.41) is 3.75. The summed E-state index contributed by atoms with van der Waals surface area (Å²) in [5.41, 5.74) is 0.544. The van der Waals surface area contributed by atoms with E-state index in [9.17, 15) is 0 Å². The molecule has 1 fully saturated rings. The highest BCUT2D eigenvalue weighted by atomic mass is 14.9. The first-order chi connectivity index (χ1) is 6.43. The van der Waals surface area contributed by atoms with Crippen molar-refractivity contribution >= 4 is 0 Å². The highest BCUT2D eigenvalue weighted by Crippen LogP contribution is 2.38. The Hall–Kier alpha value is -0.0400. The lowest BCUT2D eigenvalue weighted by Gasteiger charge is -2.40. The number of hydrogen-bond acceptors (Lipinski definition) is 1. The Balaban J connectivity index is 2.45. The van der Waals surface area contributed by atoms with Crippen molar-refractivity contribution in [1.82, 2.24) is 5.32 Å². The Morgan fingerprint density at radius 1 is 1.36 bits per heavy atom. The van der Waals surface area contributed by atoms with Crippen molar-refractivity contribution in [2.75, 3.05) is 0 Å². The van der Waals surface area contributed by atoms with Crippen LogP contribution in [0.2, 0.25) is 0 Å². The van der Waals surface area contributed by atoms with Crippen molar-refractivity contribution < 1.29 is 0 Å². The van der Waals surface area contributed by atoms with Gasteiger partial charge in [0.2, 0.25) is 0 Å². The molecule has 0 saturated heterocycles. The smallest absolute Gasteiger partial charge is 0.00771 e. The van der Waals surface area contributed by atoms with Crippen molar-refractivity contribution in [2.45, 2.75) is 72.4 Å². The van der Waals surface area contributed by atoms with E-state index in [1.807, 2.05) is 0 Å². The van der Waals surface area contributed by atoms with E-state index >= 15 is 0 Å². The topological polar surface area (TPSA) is 12.0 Å². The zero-order chi connectivity index (χ0) is 10.8. The lowest BCUT2D eigenvalue weighted by Crippen LogP contribution is -2.43. The fourth-order valence-electron chi connectivity index (χ4n) is 2.99. The molecule has 0 radical (unpaired) electrons. The molecule has 0 aliphatic heterocycles. The average Bonchev–Trinajstić information content (AvgIpc) is 1.99. The van der Waals surface area contributed by atoms with E-state index in [-0.39, 0.29) is 0 Å². The minimum atomic E-state index is 0.544. The van der Waals surface area contributed by atoms with Gasteiger partial charge in [-0.05, 0) is 43.9 Å². The predicted octanol–water partition coefficient (Wildman–Crippen LogP) is 3.59. The molecular formula is C13H27N. The van der Waals surface area contributed by atoms with Gasteiger partial charge in [-0.2, -0.15) is 0 Å². The molecule has 0 aromatic heterocycles. The summed E-state index contributed by atoms with van der Waals surface area (Å²) in [4.78, 5) is 0. The molecule has 0 bridgehead atoms. The van der Waals surface area contributed by atoms with Crippen LogP contribution in [-0.2, 0) is 0 Å². The maximum atomic E-state index is 3.75. The lowest BCUT2D eigenvalue weighted by atomic mass is 9.70. The van der Waals surface area contributed by atoms with Crippen LogP contribution in [0.4, 0.5) is 0 Å². The minimum Gasteiger partial charge on any atom is -0.311 e. The van der Waals surface area contributed by atoms with E-state index in [0.29, 0.717) is 11.5 Å². The molecule has 0 heterocycles. The zero-order valence-corrected chi connectivity index (χ0v) is 10.6. The first-order valence-corrected chi connectivity index (χ1v) is 6.19. The summed E-state index contributed by atoms with van der Waals surface area (Å²) >= 11 is 0. The molecular weight excluding hydrogens is 170 g/mol. The van der Waals surface area contributed by atoms with Gasteiger partial charge in [0.05, 0.1) is 0 Å². The van der Waals surface area contributed by atoms with Crippen LogP contribution in [0, 0.1) is 11.3 Å². The van der Waals surface area contributed by atoms with Gasteiger partial charge in [-0.1, -0.05) is 27.7 Å². The normalized spacial score (nSPS) is 34.1. The van der Waals surface area contributed by atoms with Crippen LogP contribution in [0.3, 0.4) is 0 Å². The van der Waals surface area contributed by atoms with Crippen LogP contribution >= 0.6 is 0 Å². The van der Waals surface area contributed by atoms with Crippen LogP contribution in [-0.4, -0.2) is 12.1 Å². The molecule has 3 atom stereocenters. The summed E-state index contributed by atoms with van der Waals surface area (Å²) in [5.74, 6) is 0.889. The minimum absolute atomic E-state index is 0.544. The second-order valence-electron chi connectivity index (χ2n) is 6.09. The third-order valence-electron chi connectivity index (χ3n) is 3.52. The second-order valence-corrected chi connectivity index (χ2v) is 6.09. The first-order valence-electron chi connectivity index (χ1n) is 6.19. The van der Waals surface area contributed by atoms with Crippen molar-refractivity contribution in [3.63, 3.8) is 0 Å². The van der Waals surface area contributed by atoms with E-state index < -0.39 is 0 Å². The van der Waals surface area contributed by atoms with Gasteiger partial charge in [-0.25, -0.2) is 0 Å². The Morgan fingerprint density at radius 3 is 2.50 bits per heavy atom. The maximum Gasteiger partial charge on any atom is 0.00771 e. The Bertz CT molecular complexity index is 174. The summed E-state index contributed by atoms with van der Waals surface area (Å²) in [6, 6.07) is 1.43. The number of nitrogens with one attached hydrogen (secondary N) is 1. The molecule has 0 amide bonds. The fraction of sp³-hybridized carbons (Fsp3) is 1.00. The molecule has 0 unspecified atom stereocenters. The summed E-state index contributed by atoms with van der Waals surface area (Å²) in [7, 11) is 0. The number of hydrogen-bond donors (Lipinski definition) is 1. The van der Waals surface area contributed by atoms with Crippen molar-refractivity contribution in [1.29, 1.82) is 0 Å². The lowest BCUT2D eigenvalue weighted by molar-refractivity contribution is 0.145. The van der Waals surface area contributed by atoms with Gasteiger partial charge in [0.25, 0.3) is 0 Å². The number of rotatable bonds is 3. The Kier molecular flexibility index (Phi) is 4.00. The maximum absolute atomic E-state index is 3.75. The van der Waals surface area contributed by atoms with Crippen LogP contribution in [0.15, 0.2) is 0 Å². The van der Waals surface area contributed by atoms with E-state index in [1.54, 1.807) is 0 Å². The molecule has 1 nitrogen and oxygen atoms in total. The Labute approximate surface area is 89.7 Å². The second kappa shape index (κ2) is 4.65. The van der Waals surface area contributed by atoms with Gasteiger partial charge in [0.15, 0.2) is 0 Å². The third kappa shape index (κ3) is 3.61. The monoisotopic (exact) mass is 197 g/mol. The molecule has 84 valence electrons. The standard InChI is InChI=1S/C13H27N/c1-6-11(3)14-12-7-10(2)8-13(4,5)9-12/h10-12,14H,6-9H2,1-5H3/t10-,11-,12+/m0/s1. The van der Waals surface area contributed by atoms with Crippen LogP contribution in [0.5, 0.6) is 0 Å². The highest BCUT2D eigenvalue weighted by molar-refractivity contribution is 4.87. The average molecular weight is 197 g/mol. The van der Waals surface area contributed by atoms with Crippen molar-refractivity contribution in [3.8, 4) is 0 Å². The summed E-state index contributed by atoms with van der Waals surface area (Å²) < 4.78 is 0. The Morgan fingerprint density at radius 2 is 2.00 bits per heavy atom. The van der Waals surface area contributed by atoms with Gasteiger partial charge in [0.1, 0.15) is 0 Å². The molecule has 0 aromatic carbocycles. The molecule has 1 aliphatic carbocycles. The van der Waals surface area contributed by atoms with Gasteiger partial charge in [-0.3, -0.25) is 0 Å². The van der Waals surface area contributed by atoms with E-state index in [2.05, 4.69) is 39.9 Å². The molecule has 1 aliphatic rings. The first kappa shape index (κ1) is 12.0. The van der Waals surface area contributed by atoms with E-state index in [4.69, 9.17) is 0 Å². The van der Waals surface area contributed by atoms with E-state index in [1.165, 1.54) is 25.7 Å².